The molecule has 0 aromatic heterocycles. The van der Waals surface area contributed by atoms with Crippen LogP contribution in [0.2, 0.25) is 0 Å². The van der Waals surface area contributed by atoms with Crippen LogP contribution in [0.15, 0.2) is 28.7 Å². The fourth-order valence-electron chi connectivity index (χ4n) is 2.12. The summed E-state index contributed by atoms with van der Waals surface area (Å²) in [5.74, 6) is 0. The van der Waals surface area contributed by atoms with Crippen LogP contribution in [-0.2, 0) is 6.42 Å². The lowest BCUT2D eigenvalue weighted by atomic mass is 10.1. The highest BCUT2D eigenvalue weighted by Crippen LogP contribution is 2.12. The summed E-state index contributed by atoms with van der Waals surface area (Å²) in [5, 5.41) is 3.61. The van der Waals surface area contributed by atoms with Crippen molar-refractivity contribution in [2.45, 2.75) is 58.4 Å². The molecule has 0 spiro atoms. The zero-order chi connectivity index (χ0) is 13.2. The number of unbranched alkanes of at least 4 members (excludes halogenated alkanes) is 4. The predicted octanol–water partition coefficient (Wildman–Crippen LogP) is 4.94. The monoisotopic (exact) mass is 311 g/mol. The molecule has 0 fully saturated rings. The lowest BCUT2D eigenvalue weighted by molar-refractivity contribution is 0.514. The van der Waals surface area contributed by atoms with Crippen molar-refractivity contribution in [3.63, 3.8) is 0 Å². The van der Waals surface area contributed by atoms with Gasteiger partial charge in [0, 0.05) is 10.5 Å². The second-order valence-corrected chi connectivity index (χ2v) is 6.02. The molecule has 1 rings (SSSR count). The van der Waals surface area contributed by atoms with Crippen LogP contribution < -0.4 is 5.32 Å². The molecule has 1 N–H and O–H groups in total. The highest BCUT2D eigenvalue weighted by molar-refractivity contribution is 9.10. The minimum atomic E-state index is 0.567. The first-order valence-electron chi connectivity index (χ1n) is 7.20. The Bertz CT molecular complexity index is 307. The molecule has 0 aliphatic carbocycles. The molecule has 0 heterocycles. The van der Waals surface area contributed by atoms with Crippen LogP contribution in [0.3, 0.4) is 0 Å². The summed E-state index contributed by atoms with van der Waals surface area (Å²) in [7, 11) is 0. The lowest BCUT2D eigenvalue weighted by Gasteiger charge is -2.13. The van der Waals surface area contributed by atoms with Crippen molar-refractivity contribution in [2.75, 3.05) is 6.54 Å². The largest absolute Gasteiger partial charge is 0.314 e. The molecule has 1 aromatic rings. The normalized spacial score (nSPS) is 12.6. The number of benzene rings is 1. The van der Waals surface area contributed by atoms with Crippen molar-refractivity contribution >= 4 is 15.9 Å². The second kappa shape index (κ2) is 9.57. The third kappa shape index (κ3) is 7.17. The Morgan fingerprint density at radius 2 is 1.72 bits per heavy atom. The Balaban J connectivity index is 2.10. The van der Waals surface area contributed by atoms with E-state index in [-0.39, 0.29) is 0 Å². The fourth-order valence-corrected chi connectivity index (χ4v) is 2.39. The van der Waals surface area contributed by atoms with Crippen LogP contribution in [0.4, 0.5) is 0 Å². The van der Waals surface area contributed by atoms with E-state index in [0.29, 0.717) is 6.04 Å². The van der Waals surface area contributed by atoms with E-state index in [1.54, 1.807) is 0 Å². The van der Waals surface area contributed by atoms with Gasteiger partial charge in [0.2, 0.25) is 0 Å². The van der Waals surface area contributed by atoms with Gasteiger partial charge in [-0.05, 0) is 44.0 Å². The maximum absolute atomic E-state index is 3.61. The van der Waals surface area contributed by atoms with Crippen LogP contribution in [0.25, 0.3) is 0 Å². The third-order valence-electron chi connectivity index (χ3n) is 3.23. The van der Waals surface area contributed by atoms with Gasteiger partial charge in [-0.15, -0.1) is 0 Å². The average molecular weight is 312 g/mol. The van der Waals surface area contributed by atoms with E-state index in [1.165, 1.54) is 37.7 Å². The van der Waals surface area contributed by atoms with Crippen LogP contribution in [-0.4, -0.2) is 12.6 Å². The molecular formula is C16H26BrN. The molecule has 1 unspecified atom stereocenters. The van der Waals surface area contributed by atoms with Crippen LogP contribution in [0, 0.1) is 0 Å². The summed E-state index contributed by atoms with van der Waals surface area (Å²) in [6.07, 6.45) is 7.89. The maximum Gasteiger partial charge on any atom is 0.0175 e. The number of rotatable bonds is 9. The molecule has 0 saturated heterocycles. The molecule has 0 bridgehead atoms. The molecule has 18 heavy (non-hydrogen) atoms. The first-order valence-corrected chi connectivity index (χ1v) is 7.99. The topological polar surface area (TPSA) is 12.0 Å². The van der Waals surface area contributed by atoms with E-state index in [9.17, 15) is 0 Å². The SMILES string of the molecule is CCCCCCCNC(C)Cc1ccc(Br)cc1. The van der Waals surface area contributed by atoms with Crippen molar-refractivity contribution in [3.05, 3.63) is 34.3 Å². The van der Waals surface area contributed by atoms with Crippen LogP contribution in [0.5, 0.6) is 0 Å². The molecule has 102 valence electrons. The molecule has 0 aliphatic heterocycles. The Morgan fingerprint density at radius 1 is 1.06 bits per heavy atom. The number of nitrogens with one attached hydrogen (secondary N) is 1. The fraction of sp³-hybridized carbons (Fsp3) is 0.625. The molecule has 0 radical (unpaired) electrons. The van der Waals surface area contributed by atoms with Gasteiger partial charge in [-0.25, -0.2) is 0 Å². The smallest absolute Gasteiger partial charge is 0.0175 e. The van der Waals surface area contributed by atoms with E-state index in [4.69, 9.17) is 0 Å². The Labute approximate surface area is 120 Å². The van der Waals surface area contributed by atoms with Crippen molar-refractivity contribution in [1.29, 1.82) is 0 Å². The van der Waals surface area contributed by atoms with Gasteiger partial charge in [0.1, 0.15) is 0 Å². The maximum atomic E-state index is 3.61. The van der Waals surface area contributed by atoms with Gasteiger partial charge >= 0.3 is 0 Å². The summed E-state index contributed by atoms with van der Waals surface area (Å²) < 4.78 is 1.16. The first kappa shape index (κ1) is 15.7. The zero-order valence-corrected chi connectivity index (χ0v) is 13.3. The second-order valence-electron chi connectivity index (χ2n) is 5.10. The molecule has 1 atom stereocenters. The van der Waals surface area contributed by atoms with Crippen LogP contribution >= 0.6 is 15.9 Å². The summed E-state index contributed by atoms with van der Waals surface area (Å²) >= 11 is 3.47. The Morgan fingerprint density at radius 3 is 2.39 bits per heavy atom. The van der Waals surface area contributed by atoms with E-state index < -0.39 is 0 Å². The summed E-state index contributed by atoms with van der Waals surface area (Å²) in [6.45, 7) is 5.69. The van der Waals surface area contributed by atoms with Crippen molar-refractivity contribution in [3.8, 4) is 0 Å². The van der Waals surface area contributed by atoms with Gasteiger partial charge in [-0.3, -0.25) is 0 Å². The van der Waals surface area contributed by atoms with Gasteiger partial charge < -0.3 is 5.32 Å². The predicted molar refractivity (Wildman–Crippen MR) is 84.1 cm³/mol. The standard InChI is InChI=1S/C16H26BrN/c1-3-4-5-6-7-12-18-14(2)13-15-8-10-16(17)11-9-15/h8-11,14,18H,3-7,12-13H2,1-2H3. The van der Waals surface area contributed by atoms with Crippen molar-refractivity contribution < 1.29 is 0 Å². The molecule has 1 aromatic carbocycles. The van der Waals surface area contributed by atoms with Gasteiger partial charge in [0.25, 0.3) is 0 Å². The summed E-state index contributed by atoms with van der Waals surface area (Å²) in [4.78, 5) is 0. The van der Waals surface area contributed by atoms with E-state index in [1.807, 2.05) is 0 Å². The molecule has 2 heteroatoms. The highest BCUT2D eigenvalue weighted by atomic mass is 79.9. The number of halogens is 1. The summed E-state index contributed by atoms with van der Waals surface area (Å²) in [5.41, 5.74) is 1.41. The molecule has 0 saturated carbocycles. The van der Waals surface area contributed by atoms with Gasteiger partial charge in [0.05, 0.1) is 0 Å². The van der Waals surface area contributed by atoms with Crippen molar-refractivity contribution in [1.82, 2.24) is 5.32 Å². The quantitative estimate of drug-likeness (QED) is 0.637. The van der Waals surface area contributed by atoms with Gasteiger partial charge in [-0.2, -0.15) is 0 Å². The Hall–Kier alpha value is -0.340. The van der Waals surface area contributed by atoms with Gasteiger partial charge in [0.15, 0.2) is 0 Å². The van der Waals surface area contributed by atoms with Crippen LogP contribution in [0.1, 0.15) is 51.5 Å². The van der Waals surface area contributed by atoms with E-state index in [0.717, 1.165) is 17.4 Å². The minimum Gasteiger partial charge on any atom is -0.314 e. The Kier molecular flexibility index (Phi) is 8.36. The number of hydrogen-bond donors (Lipinski definition) is 1. The van der Waals surface area contributed by atoms with Gasteiger partial charge in [-0.1, -0.05) is 60.7 Å². The zero-order valence-electron chi connectivity index (χ0n) is 11.7. The average Bonchev–Trinajstić information content (AvgIpc) is 2.36. The highest BCUT2D eigenvalue weighted by Gasteiger charge is 2.02. The molecule has 0 aliphatic rings. The van der Waals surface area contributed by atoms with E-state index >= 15 is 0 Å². The molecule has 1 nitrogen and oxygen atoms in total. The molecule has 0 amide bonds. The lowest BCUT2D eigenvalue weighted by Crippen LogP contribution is -2.28. The first-order chi connectivity index (χ1) is 8.72. The minimum absolute atomic E-state index is 0.567. The van der Waals surface area contributed by atoms with E-state index in [2.05, 4.69) is 59.4 Å². The summed E-state index contributed by atoms with van der Waals surface area (Å²) in [6, 6.07) is 9.20. The molecular weight excluding hydrogens is 286 g/mol. The third-order valence-corrected chi connectivity index (χ3v) is 3.76. The number of hydrogen-bond acceptors (Lipinski definition) is 1. The van der Waals surface area contributed by atoms with Crippen molar-refractivity contribution in [2.24, 2.45) is 0 Å².